The smallest absolute Gasteiger partial charge is 0.445 e. The van der Waals surface area contributed by atoms with Crippen molar-refractivity contribution in [3.8, 4) is 0 Å². The summed E-state index contributed by atoms with van der Waals surface area (Å²) < 4.78 is 56.2. The quantitative estimate of drug-likeness (QED) is 0.289. The van der Waals surface area contributed by atoms with Crippen LogP contribution in [0.2, 0.25) is 0 Å². The molecule has 0 saturated carbocycles. The van der Waals surface area contributed by atoms with Gasteiger partial charge >= 0.3 is 5.51 Å². The molecule has 186 valence electrons. The second-order valence-corrected chi connectivity index (χ2v) is 9.10. The van der Waals surface area contributed by atoms with E-state index in [0.29, 0.717) is 23.7 Å². The number of oxazole rings is 1. The van der Waals surface area contributed by atoms with E-state index in [1.165, 1.54) is 30.5 Å². The van der Waals surface area contributed by atoms with E-state index in [4.69, 9.17) is 4.42 Å². The topological polar surface area (TPSA) is 85.8 Å². The molecule has 0 aliphatic heterocycles. The Morgan fingerprint density at radius 2 is 1.72 bits per heavy atom. The van der Waals surface area contributed by atoms with E-state index in [2.05, 4.69) is 32.8 Å². The van der Waals surface area contributed by atoms with Crippen molar-refractivity contribution < 1.29 is 21.8 Å². The first kappa shape index (κ1) is 25.1. The van der Waals surface area contributed by atoms with Crippen molar-refractivity contribution in [3.05, 3.63) is 96.0 Å². The summed E-state index contributed by atoms with van der Waals surface area (Å²) in [6.07, 6.45) is 13.3. The highest BCUT2D eigenvalue weighted by Crippen LogP contribution is 2.26. The molecule has 0 saturated heterocycles. The standard InChI is InChI=1S/C25H22F3N5O2S/c26-25(27,28)36(34)23-11-6-20(7-12-23)8-13-24-31-22(18-35-24)17-29-21-9-4-19(5-10-21)3-1-2-15-33-16-14-30-32-33/h1,3-14,16,18,29H,2,15,17H2. The predicted molar refractivity (Wildman–Crippen MR) is 132 cm³/mol. The van der Waals surface area contributed by atoms with Gasteiger partial charge < -0.3 is 9.73 Å². The lowest BCUT2D eigenvalue weighted by Crippen LogP contribution is -2.16. The van der Waals surface area contributed by atoms with Crippen LogP contribution in [0.4, 0.5) is 18.9 Å². The van der Waals surface area contributed by atoms with E-state index in [9.17, 15) is 17.4 Å². The number of aromatic nitrogens is 4. The molecular weight excluding hydrogens is 491 g/mol. The van der Waals surface area contributed by atoms with Gasteiger partial charge in [0.1, 0.15) is 6.26 Å². The van der Waals surface area contributed by atoms with Crippen molar-refractivity contribution in [2.45, 2.75) is 29.9 Å². The summed E-state index contributed by atoms with van der Waals surface area (Å²) in [7, 11) is -3.04. The van der Waals surface area contributed by atoms with E-state index >= 15 is 0 Å². The van der Waals surface area contributed by atoms with Gasteiger partial charge in [0.05, 0.1) is 18.4 Å². The molecule has 0 amide bonds. The average Bonchev–Trinajstić information content (AvgIpc) is 3.56. The summed E-state index contributed by atoms with van der Waals surface area (Å²) in [6.45, 7) is 1.24. The Labute approximate surface area is 207 Å². The van der Waals surface area contributed by atoms with Crippen LogP contribution in [-0.4, -0.2) is 29.7 Å². The van der Waals surface area contributed by atoms with Gasteiger partial charge in [-0.1, -0.05) is 41.6 Å². The van der Waals surface area contributed by atoms with E-state index < -0.39 is 16.3 Å². The third-order valence-corrected chi connectivity index (χ3v) is 6.10. The maximum atomic E-state index is 12.5. The highest BCUT2D eigenvalue weighted by Gasteiger charge is 2.37. The van der Waals surface area contributed by atoms with Crippen LogP contribution in [0.3, 0.4) is 0 Å². The van der Waals surface area contributed by atoms with Crippen molar-refractivity contribution in [1.29, 1.82) is 0 Å². The van der Waals surface area contributed by atoms with E-state index in [0.717, 1.165) is 24.2 Å². The SMILES string of the molecule is O=S(c1ccc(C=Cc2nc(CNc3ccc(C=CCCn4ccnn4)cc3)co2)cc1)C(F)(F)F. The second kappa shape index (κ2) is 11.6. The van der Waals surface area contributed by atoms with Crippen LogP contribution >= 0.6 is 0 Å². The van der Waals surface area contributed by atoms with E-state index in [1.54, 1.807) is 23.0 Å². The van der Waals surface area contributed by atoms with Crippen LogP contribution in [0.15, 0.2) is 82.6 Å². The molecule has 0 bridgehead atoms. The zero-order valence-electron chi connectivity index (χ0n) is 18.9. The molecule has 1 N–H and O–H groups in total. The molecular formula is C25H22F3N5O2S. The number of rotatable bonds is 10. The third kappa shape index (κ3) is 7.25. The molecule has 11 heteroatoms. The molecule has 1 atom stereocenters. The minimum Gasteiger partial charge on any atom is -0.445 e. The Morgan fingerprint density at radius 3 is 2.42 bits per heavy atom. The lowest BCUT2D eigenvalue weighted by atomic mass is 10.2. The number of nitrogens with one attached hydrogen (secondary N) is 1. The number of halogens is 3. The van der Waals surface area contributed by atoms with Gasteiger partial charge in [-0.3, -0.25) is 4.68 Å². The average molecular weight is 514 g/mol. The monoisotopic (exact) mass is 513 g/mol. The minimum atomic E-state index is -4.78. The number of hydrogen-bond acceptors (Lipinski definition) is 6. The van der Waals surface area contributed by atoms with Crippen LogP contribution in [0.5, 0.6) is 0 Å². The summed E-state index contributed by atoms with van der Waals surface area (Å²) in [5, 5.41) is 11.0. The summed E-state index contributed by atoms with van der Waals surface area (Å²) in [6, 6.07) is 13.3. The maximum absolute atomic E-state index is 12.5. The van der Waals surface area contributed by atoms with Crippen LogP contribution in [0.25, 0.3) is 18.2 Å². The van der Waals surface area contributed by atoms with Crippen LogP contribution < -0.4 is 5.32 Å². The minimum absolute atomic E-state index is 0.295. The first-order valence-electron chi connectivity index (χ1n) is 10.9. The highest BCUT2D eigenvalue weighted by atomic mass is 32.2. The Kier molecular flexibility index (Phi) is 8.11. The number of hydrogen-bond donors (Lipinski definition) is 1. The fourth-order valence-electron chi connectivity index (χ4n) is 3.17. The molecule has 2 aromatic heterocycles. The van der Waals surface area contributed by atoms with Crippen LogP contribution in [0, 0.1) is 0 Å². The van der Waals surface area contributed by atoms with Crippen molar-refractivity contribution in [1.82, 2.24) is 20.0 Å². The first-order chi connectivity index (χ1) is 17.4. The molecule has 0 radical (unpaired) electrons. The van der Waals surface area contributed by atoms with Crippen molar-refractivity contribution >= 4 is 34.7 Å². The molecule has 0 aliphatic rings. The lowest BCUT2D eigenvalue weighted by Gasteiger charge is -2.05. The fraction of sp³-hybridized carbons (Fsp3) is 0.160. The molecule has 2 heterocycles. The molecule has 0 fully saturated rings. The summed E-state index contributed by atoms with van der Waals surface area (Å²) in [5.41, 5.74) is -1.43. The number of aryl methyl sites for hydroxylation is 1. The second-order valence-electron chi connectivity index (χ2n) is 7.63. The van der Waals surface area contributed by atoms with Crippen LogP contribution in [-0.2, 0) is 23.9 Å². The van der Waals surface area contributed by atoms with Gasteiger partial charge in [0.25, 0.3) is 0 Å². The largest absolute Gasteiger partial charge is 0.475 e. The number of anilines is 1. The van der Waals surface area contributed by atoms with Gasteiger partial charge in [-0.2, -0.15) is 13.2 Å². The first-order valence-corrected chi connectivity index (χ1v) is 12.1. The highest BCUT2D eigenvalue weighted by molar-refractivity contribution is 7.86. The number of benzene rings is 2. The third-order valence-electron chi connectivity index (χ3n) is 4.98. The summed E-state index contributed by atoms with van der Waals surface area (Å²) >= 11 is 0. The molecule has 7 nitrogen and oxygen atoms in total. The molecule has 4 aromatic rings. The molecule has 0 spiro atoms. The van der Waals surface area contributed by atoms with Gasteiger partial charge in [0, 0.05) is 29.4 Å². The van der Waals surface area contributed by atoms with Gasteiger partial charge in [-0.05, 0) is 47.9 Å². The van der Waals surface area contributed by atoms with Crippen LogP contribution in [0.1, 0.15) is 29.1 Å². The zero-order valence-corrected chi connectivity index (χ0v) is 19.7. The van der Waals surface area contributed by atoms with Gasteiger partial charge in [-0.25, -0.2) is 9.19 Å². The number of allylic oxidation sites excluding steroid dienone is 1. The zero-order chi connectivity index (χ0) is 25.4. The Balaban J connectivity index is 1.24. The van der Waals surface area contributed by atoms with E-state index in [-0.39, 0.29) is 4.90 Å². The maximum Gasteiger partial charge on any atom is 0.475 e. The molecule has 1 unspecified atom stereocenters. The number of nitrogens with zero attached hydrogens (tertiary/aromatic N) is 4. The van der Waals surface area contributed by atoms with Crippen molar-refractivity contribution in [2.75, 3.05) is 5.32 Å². The fourth-order valence-corrected chi connectivity index (χ4v) is 3.82. The van der Waals surface area contributed by atoms with E-state index in [1.807, 2.05) is 30.5 Å². The van der Waals surface area contributed by atoms with Crippen molar-refractivity contribution in [3.63, 3.8) is 0 Å². The molecule has 36 heavy (non-hydrogen) atoms. The lowest BCUT2D eigenvalue weighted by molar-refractivity contribution is -0.0384. The predicted octanol–water partition coefficient (Wildman–Crippen LogP) is 5.78. The molecule has 0 aliphatic carbocycles. The van der Waals surface area contributed by atoms with Crippen molar-refractivity contribution in [2.24, 2.45) is 0 Å². The number of alkyl halides is 3. The van der Waals surface area contributed by atoms with Gasteiger partial charge in [0.15, 0.2) is 10.8 Å². The van der Waals surface area contributed by atoms with Gasteiger partial charge in [0.2, 0.25) is 5.89 Å². The summed E-state index contributed by atoms with van der Waals surface area (Å²) in [5.74, 6) is 0.362. The Bertz CT molecular complexity index is 1330. The molecule has 4 rings (SSSR count). The normalized spacial score (nSPS) is 13.0. The Morgan fingerprint density at radius 1 is 1.00 bits per heavy atom. The summed E-state index contributed by atoms with van der Waals surface area (Å²) in [4.78, 5) is 4.08. The van der Waals surface area contributed by atoms with Gasteiger partial charge in [-0.15, -0.1) is 5.10 Å². The Hall–Kier alpha value is -3.99. The molecule has 2 aromatic carbocycles.